The van der Waals surface area contributed by atoms with Gasteiger partial charge in [-0.25, -0.2) is 8.42 Å². The molecule has 3 rings (SSSR count). The van der Waals surface area contributed by atoms with E-state index in [4.69, 9.17) is 0 Å². The van der Waals surface area contributed by atoms with Crippen LogP contribution in [0.1, 0.15) is 20.8 Å². The van der Waals surface area contributed by atoms with E-state index in [9.17, 15) is 18.3 Å². The van der Waals surface area contributed by atoms with Crippen molar-refractivity contribution in [3.63, 3.8) is 0 Å². The third-order valence-corrected chi connectivity index (χ3v) is 6.33. The Kier molecular flexibility index (Phi) is 5.48. The summed E-state index contributed by atoms with van der Waals surface area (Å²) in [7, 11) is -3.90. The van der Waals surface area contributed by atoms with Gasteiger partial charge in [0.2, 0.25) is 0 Å². The number of phenolic OH excluding ortho intramolecular Hbond substituents is 1. The van der Waals surface area contributed by atoms with E-state index in [0.717, 1.165) is 16.9 Å². The highest BCUT2D eigenvalue weighted by atomic mass is 32.2. The number of rotatable bonds is 6. The van der Waals surface area contributed by atoms with E-state index in [2.05, 4.69) is 10.0 Å². The van der Waals surface area contributed by atoms with Gasteiger partial charge in [0.25, 0.3) is 15.9 Å². The summed E-state index contributed by atoms with van der Waals surface area (Å²) < 4.78 is 27.8. The predicted octanol–water partition coefficient (Wildman–Crippen LogP) is 3.49. The maximum Gasteiger partial charge on any atom is 0.263 e. The van der Waals surface area contributed by atoms with Crippen LogP contribution in [-0.4, -0.2) is 19.4 Å². The number of carbonyl (C=O) groups excluding carboxylic acids is 1. The number of carbonyl (C=O) groups is 1. The summed E-state index contributed by atoms with van der Waals surface area (Å²) in [5.74, 6) is -0.449. The van der Waals surface area contributed by atoms with E-state index in [1.165, 1.54) is 12.1 Å². The number of phenols is 1. The van der Waals surface area contributed by atoms with Gasteiger partial charge in [-0.3, -0.25) is 9.52 Å². The average molecular weight is 402 g/mol. The smallest absolute Gasteiger partial charge is 0.263 e. The van der Waals surface area contributed by atoms with Crippen molar-refractivity contribution in [2.45, 2.75) is 18.4 Å². The molecule has 1 aromatic heterocycles. The summed E-state index contributed by atoms with van der Waals surface area (Å²) in [6.07, 6.45) is 0. The molecule has 0 atom stereocenters. The first-order valence-electron chi connectivity index (χ1n) is 8.09. The number of sulfonamides is 1. The molecule has 1 heterocycles. The number of para-hydroxylation sites is 1. The number of anilines is 1. The molecule has 140 valence electrons. The zero-order chi connectivity index (χ0) is 19.4. The Morgan fingerprint density at radius 3 is 2.48 bits per heavy atom. The number of aryl methyl sites for hydroxylation is 1. The maximum absolute atomic E-state index is 12.7. The van der Waals surface area contributed by atoms with Gasteiger partial charge in [0, 0.05) is 17.8 Å². The molecule has 0 aliphatic carbocycles. The Labute approximate surface area is 161 Å². The Hall–Kier alpha value is -2.84. The normalized spacial score (nSPS) is 11.1. The van der Waals surface area contributed by atoms with Gasteiger partial charge in [-0.15, -0.1) is 11.3 Å². The summed E-state index contributed by atoms with van der Waals surface area (Å²) in [6.45, 7) is 2.00. The van der Waals surface area contributed by atoms with Crippen molar-refractivity contribution < 1.29 is 18.3 Å². The van der Waals surface area contributed by atoms with Crippen molar-refractivity contribution >= 4 is 33.0 Å². The summed E-state index contributed by atoms with van der Waals surface area (Å²) in [4.78, 5) is 12.5. The molecule has 0 saturated heterocycles. The maximum atomic E-state index is 12.7. The van der Waals surface area contributed by atoms with Crippen molar-refractivity contribution in [2.24, 2.45) is 0 Å². The minimum atomic E-state index is -3.90. The van der Waals surface area contributed by atoms with E-state index in [-0.39, 0.29) is 22.1 Å². The van der Waals surface area contributed by atoms with Crippen molar-refractivity contribution in [2.75, 3.05) is 4.72 Å². The predicted molar refractivity (Wildman–Crippen MR) is 106 cm³/mol. The van der Waals surface area contributed by atoms with Crippen LogP contribution in [0, 0.1) is 6.92 Å². The Morgan fingerprint density at radius 1 is 1.07 bits per heavy atom. The second kappa shape index (κ2) is 7.81. The lowest BCUT2D eigenvalue weighted by Crippen LogP contribution is -2.24. The number of amides is 1. The zero-order valence-electron chi connectivity index (χ0n) is 14.5. The van der Waals surface area contributed by atoms with Crippen LogP contribution >= 0.6 is 11.3 Å². The number of hydrogen-bond acceptors (Lipinski definition) is 5. The van der Waals surface area contributed by atoms with Crippen molar-refractivity contribution in [3.8, 4) is 5.75 Å². The lowest BCUT2D eigenvalue weighted by atomic mass is 10.2. The molecule has 3 aromatic rings. The van der Waals surface area contributed by atoms with Crippen LogP contribution in [0.15, 0.2) is 64.9 Å². The second-order valence-electron chi connectivity index (χ2n) is 5.90. The molecule has 8 heteroatoms. The first-order chi connectivity index (χ1) is 12.9. The molecular formula is C19H18N2O4S2. The third-order valence-electron chi connectivity index (χ3n) is 3.86. The number of aromatic hydroxyl groups is 1. The van der Waals surface area contributed by atoms with Crippen molar-refractivity contribution in [1.82, 2.24) is 5.32 Å². The van der Waals surface area contributed by atoms with Crippen LogP contribution in [0.3, 0.4) is 0 Å². The lowest BCUT2D eigenvalue weighted by Gasteiger charge is -2.10. The summed E-state index contributed by atoms with van der Waals surface area (Å²) >= 11 is 1.04. The molecule has 3 N–H and O–H groups in total. The third kappa shape index (κ3) is 4.47. The van der Waals surface area contributed by atoms with E-state index in [0.29, 0.717) is 11.3 Å². The van der Waals surface area contributed by atoms with Crippen LogP contribution in [-0.2, 0) is 16.6 Å². The first kappa shape index (κ1) is 18.9. The van der Waals surface area contributed by atoms with Gasteiger partial charge in [0.05, 0.1) is 0 Å². The quantitative estimate of drug-likeness (QED) is 0.588. The highest BCUT2D eigenvalue weighted by molar-refractivity contribution is 7.93. The molecule has 0 radical (unpaired) electrons. The van der Waals surface area contributed by atoms with Crippen molar-refractivity contribution in [1.29, 1.82) is 0 Å². The molecule has 0 aliphatic rings. The molecule has 27 heavy (non-hydrogen) atoms. The minimum absolute atomic E-state index is 0.0675. The Morgan fingerprint density at radius 2 is 1.78 bits per heavy atom. The lowest BCUT2D eigenvalue weighted by molar-refractivity contribution is 0.0952. The largest absolute Gasteiger partial charge is 0.508 e. The minimum Gasteiger partial charge on any atom is -0.508 e. The standard InChI is InChI=1S/C19H18N2O4S2/c1-13-6-8-15(9-7-13)21-27(24,25)17-10-11-26-18(17)19(23)20-12-14-4-2-3-5-16(14)22/h2-11,21-22H,12H2,1H3,(H,20,23). The topological polar surface area (TPSA) is 95.5 Å². The molecule has 0 fully saturated rings. The highest BCUT2D eigenvalue weighted by Gasteiger charge is 2.24. The average Bonchev–Trinajstić information content (AvgIpc) is 3.13. The zero-order valence-corrected chi connectivity index (χ0v) is 16.1. The fourth-order valence-corrected chi connectivity index (χ4v) is 4.83. The SMILES string of the molecule is Cc1ccc(NS(=O)(=O)c2ccsc2C(=O)NCc2ccccc2O)cc1. The highest BCUT2D eigenvalue weighted by Crippen LogP contribution is 2.25. The summed E-state index contributed by atoms with van der Waals surface area (Å²) in [5, 5.41) is 14.0. The molecule has 1 amide bonds. The monoisotopic (exact) mass is 402 g/mol. The fourth-order valence-electron chi connectivity index (χ4n) is 2.42. The number of benzene rings is 2. The van der Waals surface area contributed by atoms with Crippen molar-refractivity contribution in [3.05, 3.63) is 76.0 Å². The molecule has 0 unspecified atom stereocenters. The van der Waals surface area contributed by atoms with Gasteiger partial charge in [0.1, 0.15) is 15.5 Å². The second-order valence-corrected chi connectivity index (χ2v) is 8.46. The number of hydrogen-bond donors (Lipinski definition) is 3. The van der Waals surface area contributed by atoms with Gasteiger partial charge in [-0.1, -0.05) is 35.9 Å². The summed E-state index contributed by atoms with van der Waals surface area (Å²) in [5.41, 5.74) is 1.98. The number of thiophene rings is 1. The molecule has 0 aliphatic heterocycles. The van der Waals surface area contributed by atoms with E-state index in [1.54, 1.807) is 47.8 Å². The van der Waals surface area contributed by atoms with Gasteiger partial charge in [-0.05, 0) is 36.6 Å². The van der Waals surface area contributed by atoms with E-state index >= 15 is 0 Å². The van der Waals surface area contributed by atoms with E-state index in [1.807, 2.05) is 6.92 Å². The Bertz CT molecular complexity index is 1060. The van der Waals surface area contributed by atoms with Gasteiger partial charge >= 0.3 is 0 Å². The van der Waals surface area contributed by atoms with Crippen LogP contribution in [0.5, 0.6) is 5.75 Å². The number of nitrogens with one attached hydrogen (secondary N) is 2. The van der Waals surface area contributed by atoms with E-state index < -0.39 is 15.9 Å². The van der Waals surface area contributed by atoms with Crippen LogP contribution < -0.4 is 10.0 Å². The van der Waals surface area contributed by atoms with Gasteiger partial charge in [-0.2, -0.15) is 0 Å². The molecule has 0 bridgehead atoms. The fraction of sp³-hybridized carbons (Fsp3) is 0.105. The first-order valence-corrected chi connectivity index (χ1v) is 10.4. The summed E-state index contributed by atoms with van der Waals surface area (Å²) in [6, 6.07) is 14.9. The molecule has 0 spiro atoms. The van der Waals surface area contributed by atoms with Crippen LogP contribution in [0.2, 0.25) is 0 Å². The molecule has 6 nitrogen and oxygen atoms in total. The molecule has 2 aromatic carbocycles. The van der Waals surface area contributed by atoms with Gasteiger partial charge < -0.3 is 10.4 Å². The molecular weight excluding hydrogens is 384 g/mol. The molecule has 0 saturated carbocycles. The van der Waals surface area contributed by atoms with Gasteiger partial charge in [0.15, 0.2) is 0 Å². The Balaban J connectivity index is 1.77. The van der Waals surface area contributed by atoms with Crippen LogP contribution in [0.25, 0.3) is 0 Å². The van der Waals surface area contributed by atoms with Crippen LogP contribution in [0.4, 0.5) is 5.69 Å².